The zero-order valence-corrected chi connectivity index (χ0v) is 9.10. The van der Waals surface area contributed by atoms with E-state index in [0.717, 1.165) is 12.1 Å². The largest absolute Gasteiger partial charge is 0.466 e. The molecule has 15 heavy (non-hydrogen) atoms. The molecule has 0 aromatic carbocycles. The van der Waals surface area contributed by atoms with E-state index in [1.165, 1.54) is 0 Å². The summed E-state index contributed by atoms with van der Waals surface area (Å²) in [6.07, 6.45) is 3.68. The van der Waals surface area contributed by atoms with Gasteiger partial charge in [-0.05, 0) is 14.0 Å². The quantitative estimate of drug-likeness (QED) is 0.660. The Hall–Kier alpha value is -1.36. The van der Waals surface area contributed by atoms with Crippen LogP contribution < -0.4 is 0 Å². The minimum Gasteiger partial charge on any atom is -0.466 e. The summed E-state index contributed by atoms with van der Waals surface area (Å²) in [5.74, 6) is -0.158. The van der Waals surface area contributed by atoms with Gasteiger partial charge in [0.1, 0.15) is 6.26 Å². The van der Waals surface area contributed by atoms with Crippen LogP contribution in [0, 0.1) is 0 Å². The molecule has 1 rings (SSSR count). The molecule has 1 aromatic rings. The average Bonchev–Trinajstić information content (AvgIpc) is 2.68. The van der Waals surface area contributed by atoms with Gasteiger partial charge in [-0.2, -0.15) is 0 Å². The van der Waals surface area contributed by atoms with Crippen molar-refractivity contribution < 1.29 is 14.1 Å². The van der Waals surface area contributed by atoms with Gasteiger partial charge in [-0.15, -0.1) is 0 Å². The maximum Gasteiger partial charge on any atom is 0.307 e. The molecule has 0 fully saturated rings. The second-order valence-corrected chi connectivity index (χ2v) is 3.33. The van der Waals surface area contributed by atoms with Crippen LogP contribution in [0.1, 0.15) is 18.9 Å². The molecule has 0 aliphatic carbocycles. The van der Waals surface area contributed by atoms with Crippen molar-refractivity contribution in [2.75, 3.05) is 20.2 Å². The molecule has 0 unspecified atom stereocenters. The maximum absolute atomic E-state index is 11.1. The van der Waals surface area contributed by atoms with Crippen LogP contribution in [-0.2, 0) is 16.1 Å². The lowest BCUT2D eigenvalue weighted by atomic mass is 10.3. The number of carbonyl (C=O) groups excluding carboxylic acids is 1. The summed E-state index contributed by atoms with van der Waals surface area (Å²) in [6, 6.07) is 0. The van der Waals surface area contributed by atoms with Crippen molar-refractivity contribution in [2.45, 2.75) is 19.9 Å². The van der Waals surface area contributed by atoms with Gasteiger partial charge in [0.25, 0.3) is 0 Å². The molecule has 0 spiro atoms. The number of aromatic nitrogens is 1. The van der Waals surface area contributed by atoms with Gasteiger partial charge >= 0.3 is 5.97 Å². The van der Waals surface area contributed by atoms with Gasteiger partial charge in [0, 0.05) is 18.7 Å². The first-order chi connectivity index (χ1) is 7.22. The Morgan fingerprint density at radius 1 is 1.67 bits per heavy atom. The second kappa shape index (κ2) is 6.19. The molecular formula is C10H16N2O3. The maximum atomic E-state index is 11.1. The second-order valence-electron chi connectivity index (χ2n) is 3.33. The Morgan fingerprint density at radius 3 is 3.07 bits per heavy atom. The normalized spacial score (nSPS) is 10.6. The van der Waals surface area contributed by atoms with Gasteiger partial charge in [0.15, 0.2) is 0 Å². The van der Waals surface area contributed by atoms with Crippen molar-refractivity contribution >= 4 is 5.97 Å². The number of hydrogen-bond donors (Lipinski definition) is 0. The molecule has 0 aliphatic rings. The molecule has 1 aromatic heterocycles. The van der Waals surface area contributed by atoms with E-state index >= 15 is 0 Å². The van der Waals surface area contributed by atoms with Gasteiger partial charge < -0.3 is 14.2 Å². The van der Waals surface area contributed by atoms with Crippen molar-refractivity contribution in [1.82, 2.24) is 10.1 Å². The number of rotatable bonds is 6. The molecule has 0 radical (unpaired) electrons. The van der Waals surface area contributed by atoms with Gasteiger partial charge in [-0.3, -0.25) is 4.79 Å². The molecule has 0 aliphatic heterocycles. The van der Waals surface area contributed by atoms with Crippen molar-refractivity contribution in [1.29, 1.82) is 0 Å². The standard InChI is InChI=1S/C10H16N2O3/c1-3-14-10(13)4-5-12(2)7-9-6-11-15-8-9/h6,8H,3-5,7H2,1-2H3. The van der Waals surface area contributed by atoms with Crippen LogP contribution in [-0.4, -0.2) is 36.2 Å². The summed E-state index contributed by atoms with van der Waals surface area (Å²) in [5.41, 5.74) is 1.00. The van der Waals surface area contributed by atoms with Gasteiger partial charge in [-0.1, -0.05) is 5.16 Å². The van der Waals surface area contributed by atoms with Crippen LogP contribution in [0.2, 0.25) is 0 Å². The van der Waals surface area contributed by atoms with Gasteiger partial charge in [0.2, 0.25) is 0 Å². The molecule has 0 saturated carbocycles. The lowest BCUT2D eigenvalue weighted by Gasteiger charge is -2.14. The highest BCUT2D eigenvalue weighted by molar-refractivity contribution is 5.69. The Labute approximate surface area is 89.0 Å². The van der Waals surface area contributed by atoms with Gasteiger partial charge in [0.05, 0.1) is 19.2 Å². The number of nitrogens with zero attached hydrogens (tertiary/aromatic N) is 2. The van der Waals surface area contributed by atoms with Crippen LogP contribution in [0.15, 0.2) is 17.0 Å². The number of ether oxygens (including phenoxy) is 1. The molecule has 0 N–H and O–H groups in total. The molecule has 0 atom stereocenters. The third-order valence-electron chi connectivity index (χ3n) is 1.94. The Bertz CT molecular complexity index is 285. The van der Waals surface area contributed by atoms with Crippen LogP contribution >= 0.6 is 0 Å². The molecule has 1 heterocycles. The molecule has 0 saturated heterocycles. The van der Waals surface area contributed by atoms with Crippen molar-refractivity contribution in [2.24, 2.45) is 0 Å². The smallest absolute Gasteiger partial charge is 0.307 e. The van der Waals surface area contributed by atoms with E-state index in [9.17, 15) is 4.79 Å². The summed E-state index contributed by atoms with van der Waals surface area (Å²) in [7, 11) is 1.94. The number of carbonyl (C=O) groups is 1. The fraction of sp³-hybridized carbons (Fsp3) is 0.600. The van der Waals surface area contributed by atoms with Gasteiger partial charge in [-0.25, -0.2) is 0 Å². The molecule has 5 nitrogen and oxygen atoms in total. The Morgan fingerprint density at radius 2 is 2.47 bits per heavy atom. The Kier molecular flexibility index (Phi) is 4.83. The van der Waals surface area contributed by atoms with Crippen LogP contribution in [0.4, 0.5) is 0 Å². The van der Waals surface area contributed by atoms with E-state index in [-0.39, 0.29) is 5.97 Å². The predicted molar refractivity (Wildman–Crippen MR) is 54.1 cm³/mol. The van der Waals surface area contributed by atoms with Crippen molar-refractivity contribution in [3.8, 4) is 0 Å². The summed E-state index contributed by atoms with van der Waals surface area (Å²) >= 11 is 0. The SMILES string of the molecule is CCOC(=O)CCN(C)Cc1cnoc1. The van der Waals surface area contributed by atoms with Crippen LogP contribution in [0.3, 0.4) is 0 Å². The summed E-state index contributed by atoms with van der Waals surface area (Å²) in [5, 5.41) is 3.61. The van der Waals surface area contributed by atoms with Crippen LogP contribution in [0.5, 0.6) is 0 Å². The first-order valence-corrected chi connectivity index (χ1v) is 4.94. The minimum absolute atomic E-state index is 0.158. The van der Waals surface area contributed by atoms with Crippen molar-refractivity contribution in [3.63, 3.8) is 0 Å². The average molecular weight is 212 g/mol. The highest BCUT2D eigenvalue weighted by Crippen LogP contribution is 2.01. The fourth-order valence-corrected chi connectivity index (χ4v) is 1.21. The molecule has 0 bridgehead atoms. The lowest BCUT2D eigenvalue weighted by Crippen LogP contribution is -2.22. The highest BCUT2D eigenvalue weighted by Gasteiger charge is 2.06. The zero-order valence-electron chi connectivity index (χ0n) is 9.10. The topological polar surface area (TPSA) is 55.6 Å². The summed E-state index contributed by atoms with van der Waals surface area (Å²) in [6.45, 7) is 3.64. The van der Waals surface area contributed by atoms with Crippen molar-refractivity contribution in [3.05, 3.63) is 18.0 Å². The minimum atomic E-state index is -0.158. The third kappa shape index (κ3) is 4.60. The van der Waals surface area contributed by atoms with E-state index in [2.05, 4.69) is 5.16 Å². The lowest BCUT2D eigenvalue weighted by molar-refractivity contribution is -0.143. The summed E-state index contributed by atoms with van der Waals surface area (Å²) < 4.78 is 9.54. The van der Waals surface area contributed by atoms with E-state index in [0.29, 0.717) is 19.6 Å². The van der Waals surface area contributed by atoms with E-state index in [1.54, 1.807) is 19.4 Å². The molecular weight excluding hydrogens is 196 g/mol. The van der Waals surface area contributed by atoms with E-state index in [4.69, 9.17) is 9.26 Å². The zero-order chi connectivity index (χ0) is 11.1. The number of hydrogen-bond acceptors (Lipinski definition) is 5. The molecule has 5 heteroatoms. The molecule has 84 valence electrons. The first-order valence-electron chi connectivity index (χ1n) is 4.94. The number of esters is 1. The molecule has 0 amide bonds. The summed E-state index contributed by atoms with van der Waals surface area (Å²) in [4.78, 5) is 13.1. The van der Waals surface area contributed by atoms with E-state index in [1.807, 2.05) is 11.9 Å². The fourth-order valence-electron chi connectivity index (χ4n) is 1.21. The third-order valence-corrected chi connectivity index (χ3v) is 1.94. The Balaban J connectivity index is 2.19. The highest BCUT2D eigenvalue weighted by atomic mass is 16.5. The predicted octanol–water partition coefficient (Wildman–Crippen LogP) is 1.06. The monoisotopic (exact) mass is 212 g/mol. The first kappa shape index (κ1) is 11.7. The van der Waals surface area contributed by atoms with E-state index < -0.39 is 0 Å². The van der Waals surface area contributed by atoms with Crippen LogP contribution in [0.25, 0.3) is 0 Å².